The Balaban J connectivity index is 2.49. The Morgan fingerprint density at radius 1 is 1.40 bits per heavy atom. The molecule has 0 unspecified atom stereocenters. The molecule has 0 saturated carbocycles. The van der Waals surface area contributed by atoms with Gasteiger partial charge in [0.15, 0.2) is 6.10 Å². The van der Waals surface area contributed by atoms with Gasteiger partial charge in [-0.05, 0) is 18.6 Å². The summed E-state index contributed by atoms with van der Waals surface area (Å²) in [6.45, 7) is -0.350. The Labute approximate surface area is 111 Å². The fourth-order valence-electron chi connectivity index (χ4n) is 1.26. The number of nitrogens with two attached hydrogens (primary N) is 1. The lowest BCUT2D eigenvalue weighted by atomic mass is 10.2. The highest BCUT2D eigenvalue weighted by Gasteiger charge is 2.37. The minimum Gasteiger partial charge on any atom is -0.384 e. The average molecular weight is 291 g/mol. The van der Waals surface area contributed by atoms with E-state index >= 15 is 0 Å². The van der Waals surface area contributed by atoms with E-state index in [2.05, 4.69) is 10.3 Å². The quantitative estimate of drug-likeness (QED) is 0.721. The van der Waals surface area contributed by atoms with Crippen LogP contribution in [-0.2, 0) is 0 Å². The van der Waals surface area contributed by atoms with E-state index in [0.29, 0.717) is 0 Å². The third kappa shape index (κ3) is 4.50. The van der Waals surface area contributed by atoms with Crippen LogP contribution in [0.3, 0.4) is 0 Å². The molecule has 20 heavy (non-hydrogen) atoms. The number of halogens is 3. The van der Waals surface area contributed by atoms with Crippen molar-refractivity contribution in [2.45, 2.75) is 18.7 Å². The second-order valence-electron chi connectivity index (χ2n) is 3.90. The van der Waals surface area contributed by atoms with Gasteiger partial charge < -0.3 is 16.2 Å². The van der Waals surface area contributed by atoms with Crippen LogP contribution < -0.4 is 11.1 Å². The van der Waals surface area contributed by atoms with Gasteiger partial charge in [-0.15, -0.1) is 0 Å². The Kier molecular flexibility index (Phi) is 5.03. The van der Waals surface area contributed by atoms with Crippen molar-refractivity contribution in [1.82, 2.24) is 10.3 Å². The standard InChI is InChI=1S/C11H12F3N3O3/c12-11(13,14)8(18)3-4-16-10(20)6-1-2-7(9(15)19)17-5-6/h1-2,5,8,18H,3-4H2,(H2,15,19)(H,16,20)/t8-/m0/s1. The molecule has 0 aliphatic carbocycles. The zero-order valence-corrected chi connectivity index (χ0v) is 10.1. The van der Waals surface area contributed by atoms with E-state index < -0.39 is 30.5 Å². The van der Waals surface area contributed by atoms with Crippen LogP contribution >= 0.6 is 0 Å². The zero-order valence-electron chi connectivity index (χ0n) is 10.1. The van der Waals surface area contributed by atoms with E-state index in [9.17, 15) is 22.8 Å². The summed E-state index contributed by atoms with van der Waals surface area (Å²) in [4.78, 5) is 25.9. The van der Waals surface area contributed by atoms with Gasteiger partial charge in [-0.25, -0.2) is 0 Å². The minimum absolute atomic E-state index is 0.0333. The molecular weight excluding hydrogens is 279 g/mol. The van der Waals surface area contributed by atoms with Crippen molar-refractivity contribution in [1.29, 1.82) is 0 Å². The van der Waals surface area contributed by atoms with Gasteiger partial charge >= 0.3 is 6.18 Å². The summed E-state index contributed by atoms with van der Waals surface area (Å²) in [6.07, 6.45) is -6.77. The summed E-state index contributed by atoms with van der Waals surface area (Å²) in [5, 5.41) is 10.9. The number of pyridine rings is 1. The third-order valence-electron chi connectivity index (χ3n) is 2.36. The molecule has 1 heterocycles. The maximum absolute atomic E-state index is 12.0. The van der Waals surface area contributed by atoms with E-state index in [4.69, 9.17) is 10.8 Å². The predicted octanol–water partition coefficient (Wildman–Crippen LogP) is 0.224. The van der Waals surface area contributed by atoms with Crippen LogP contribution in [-0.4, -0.2) is 40.7 Å². The Bertz CT molecular complexity index is 488. The summed E-state index contributed by atoms with van der Waals surface area (Å²) in [5.74, 6) is -1.42. The van der Waals surface area contributed by atoms with Gasteiger partial charge in [0.2, 0.25) is 0 Å². The molecule has 0 aliphatic heterocycles. The van der Waals surface area contributed by atoms with Gasteiger partial charge in [0.25, 0.3) is 11.8 Å². The van der Waals surface area contributed by atoms with E-state index in [1.165, 1.54) is 12.1 Å². The number of hydrogen-bond acceptors (Lipinski definition) is 4. The van der Waals surface area contributed by atoms with Crippen LogP contribution in [0.4, 0.5) is 13.2 Å². The van der Waals surface area contributed by atoms with E-state index in [1.54, 1.807) is 0 Å². The number of alkyl halides is 3. The maximum atomic E-state index is 12.0. The number of nitrogens with zero attached hydrogens (tertiary/aromatic N) is 1. The monoisotopic (exact) mass is 291 g/mol. The molecule has 1 aromatic rings. The minimum atomic E-state index is -4.71. The molecule has 9 heteroatoms. The van der Waals surface area contributed by atoms with Gasteiger partial charge in [-0.3, -0.25) is 14.6 Å². The highest BCUT2D eigenvalue weighted by atomic mass is 19.4. The number of rotatable bonds is 5. The lowest BCUT2D eigenvalue weighted by Gasteiger charge is -2.14. The number of aromatic nitrogens is 1. The summed E-state index contributed by atoms with van der Waals surface area (Å²) in [7, 11) is 0. The number of aliphatic hydroxyl groups excluding tert-OH is 1. The number of hydrogen-bond donors (Lipinski definition) is 3. The normalized spacial score (nSPS) is 12.8. The summed E-state index contributed by atoms with van der Waals surface area (Å²) < 4.78 is 36.0. The predicted molar refractivity (Wildman–Crippen MR) is 61.8 cm³/mol. The molecule has 0 spiro atoms. The van der Waals surface area contributed by atoms with Crippen molar-refractivity contribution < 1.29 is 27.9 Å². The third-order valence-corrected chi connectivity index (χ3v) is 2.36. The van der Waals surface area contributed by atoms with Gasteiger partial charge in [-0.1, -0.05) is 0 Å². The number of nitrogens with one attached hydrogen (secondary N) is 1. The maximum Gasteiger partial charge on any atom is 0.414 e. The molecule has 0 saturated heterocycles. The summed E-state index contributed by atoms with van der Waals surface area (Å²) in [6, 6.07) is 2.49. The summed E-state index contributed by atoms with van der Waals surface area (Å²) >= 11 is 0. The second-order valence-corrected chi connectivity index (χ2v) is 3.90. The fraction of sp³-hybridized carbons (Fsp3) is 0.364. The number of aliphatic hydroxyl groups is 1. The molecule has 0 bridgehead atoms. The number of amides is 2. The van der Waals surface area contributed by atoms with E-state index in [-0.39, 0.29) is 17.8 Å². The number of carbonyl (C=O) groups is 2. The molecule has 1 rings (SSSR count). The molecule has 2 amide bonds. The van der Waals surface area contributed by atoms with Crippen LogP contribution in [0.1, 0.15) is 27.3 Å². The first-order valence-electron chi connectivity index (χ1n) is 5.50. The summed E-state index contributed by atoms with van der Waals surface area (Å²) in [5.41, 5.74) is 4.99. The largest absolute Gasteiger partial charge is 0.414 e. The Hall–Kier alpha value is -2.16. The first kappa shape index (κ1) is 15.9. The van der Waals surface area contributed by atoms with Crippen molar-refractivity contribution in [3.8, 4) is 0 Å². The lowest BCUT2D eigenvalue weighted by molar-refractivity contribution is -0.204. The van der Waals surface area contributed by atoms with Gasteiger partial charge in [-0.2, -0.15) is 13.2 Å². The SMILES string of the molecule is NC(=O)c1ccc(C(=O)NCC[C@H](O)C(F)(F)F)cn1. The molecule has 0 fully saturated rings. The van der Waals surface area contributed by atoms with Crippen LogP contribution in [0.5, 0.6) is 0 Å². The van der Waals surface area contributed by atoms with Crippen LogP contribution in [0.15, 0.2) is 18.3 Å². The van der Waals surface area contributed by atoms with Crippen molar-refractivity contribution in [3.05, 3.63) is 29.6 Å². The van der Waals surface area contributed by atoms with Crippen molar-refractivity contribution in [2.75, 3.05) is 6.54 Å². The van der Waals surface area contributed by atoms with E-state index in [1.807, 2.05) is 0 Å². The smallest absolute Gasteiger partial charge is 0.384 e. The number of carbonyl (C=O) groups excluding carboxylic acids is 2. The van der Waals surface area contributed by atoms with Gasteiger partial charge in [0.1, 0.15) is 5.69 Å². The first-order chi connectivity index (χ1) is 9.21. The zero-order chi connectivity index (χ0) is 15.3. The molecule has 0 radical (unpaired) electrons. The van der Waals surface area contributed by atoms with Gasteiger partial charge in [0, 0.05) is 12.7 Å². The average Bonchev–Trinajstić information content (AvgIpc) is 2.37. The highest BCUT2D eigenvalue weighted by molar-refractivity contribution is 5.95. The molecule has 4 N–H and O–H groups in total. The Morgan fingerprint density at radius 2 is 2.05 bits per heavy atom. The Morgan fingerprint density at radius 3 is 2.50 bits per heavy atom. The molecular formula is C11H12F3N3O3. The molecule has 0 aromatic carbocycles. The first-order valence-corrected chi connectivity index (χ1v) is 5.50. The van der Waals surface area contributed by atoms with Crippen LogP contribution in [0.2, 0.25) is 0 Å². The highest BCUT2D eigenvalue weighted by Crippen LogP contribution is 2.21. The van der Waals surface area contributed by atoms with Gasteiger partial charge in [0.05, 0.1) is 5.56 Å². The van der Waals surface area contributed by atoms with Crippen LogP contribution in [0, 0.1) is 0 Å². The molecule has 6 nitrogen and oxygen atoms in total. The molecule has 1 aromatic heterocycles. The van der Waals surface area contributed by atoms with Crippen molar-refractivity contribution in [3.63, 3.8) is 0 Å². The molecule has 110 valence electrons. The topological polar surface area (TPSA) is 105 Å². The van der Waals surface area contributed by atoms with Crippen molar-refractivity contribution >= 4 is 11.8 Å². The number of primary amides is 1. The second kappa shape index (κ2) is 6.33. The fourth-order valence-corrected chi connectivity index (χ4v) is 1.26. The molecule has 1 atom stereocenters. The van der Waals surface area contributed by atoms with Crippen molar-refractivity contribution in [2.24, 2.45) is 5.73 Å². The lowest BCUT2D eigenvalue weighted by Crippen LogP contribution is -2.34. The molecule has 0 aliphatic rings. The van der Waals surface area contributed by atoms with E-state index in [0.717, 1.165) is 6.20 Å². The van der Waals surface area contributed by atoms with Crippen LogP contribution in [0.25, 0.3) is 0 Å².